The van der Waals surface area contributed by atoms with E-state index < -0.39 is 0 Å². The van der Waals surface area contributed by atoms with E-state index in [1.165, 1.54) is 0 Å². The third kappa shape index (κ3) is 3.83. The highest BCUT2D eigenvalue weighted by atomic mass is 16.7. The van der Waals surface area contributed by atoms with Crippen molar-refractivity contribution in [2.24, 2.45) is 7.05 Å². The third-order valence-electron chi connectivity index (χ3n) is 4.68. The number of carbonyl (C=O) groups excluding carboxylic acids is 1. The first-order valence-corrected chi connectivity index (χ1v) is 8.79. The lowest BCUT2D eigenvalue weighted by Gasteiger charge is -2.24. The number of aryl methyl sites for hydroxylation is 2. The monoisotopic (exact) mass is 359 g/mol. The van der Waals surface area contributed by atoms with Crippen LogP contribution < -0.4 is 14.4 Å². The van der Waals surface area contributed by atoms with Gasteiger partial charge in [0.05, 0.1) is 19.8 Å². The second-order valence-electron chi connectivity index (χ2n) is 7.09. The van der Waals surface area contributed by atoms with Gasteiger partial charge in [-0.15, -0.1) is 0 Å². The Morgan fingerprint density at radius 2 is 1.96 bits per heavy atom. The molecule has 2 heterocycles. The van der Waals surface area contributed by atoms with Gasteiger partial charge in [-0.1, -0.05) is 6.07 Å². The summed E-state index contributed by atoms with van der Waals surface area (Å²) in [5.74, 6) is 1.61. The fraction of sp³-hybridized carbons (Fsp3) is 0.474. The molecule has 0 radical (unpaired) electrons. The van der Waals surface area contributed by atoms with Crippen molar-refractivity contribution in [3.63, 3.8) is 0 Å². The highest BCUT2D eigenvalue weighted by Crippen LogP contribution is 2.33. The van der Waals surface area contributed by atoms with Gasteiger partial charge in [-0.2, -0.15) is 5.10 Å². The van der Waals surface area contributed by atoms with Crippen LogP contribution in [-0.4, -0.2) is 48.0 Å². The lowest BCUT2D eigenvalue weighted by Crippen LogP contribution is -3.07. The summed E-state index contributed by atoms with van der Waals surface area (Å²) in [5, 5.41) is 4.48. The number of fused-ring (bicyclic) bond motifs is 1. The van der Waals surface area contributed by atoms with Crippen LogP contribution in [0.4, 0.5) is 0 Å². The fourth-order valence-electron chi connectivity index (χ4n) is 3.14. The summed E-state index contributed by atoms with van der Waals surface area (Å²) in [6.45, 7) is 5.80. The zero-order valence-corrected chi connectivity index (χ0v) is 16.1. The lowest BCUT2D eigenvalue weighted by molar-refractivity contribution is -0.849. The van der Waals surface area contributed by atoms with Crippen molar-refractivity contribution in [1.29, 1.82) is 0 Å². The molecule has 0 unspecified atom stereocenters. The summed E-state index contributed by atoms with van der Waals surface area (Å²) in [5.41, 5.74) is 4.18. The van der Waals surface area contributed by atoms with Gasteiger partial charge < -0.3 is 19.3 Å². The van der Waals surface area contributed by atoms with Crippen LogP contribution in [0.25, 0.3) is 0 Å². The molecule has 1 amide bonds. The molecule has 7 heteroatoms. The number of nitrogens with one attached hydrogen (secondary N) is 1. The normalized spacial score (nSPS) is 12.7. The first-order chi connectivity index (χ1) is 12.3. The summed E-state index contributed by atoms with van der Waals surface area (Å²) in [4.78, 5) is 15.8. The Hall–Kier alpha value is -2.54. The van der Waals surface area contributed by atoms with Crippen LogP contribution in [0.3, 0.4) is 0 Å². The molecule has 0 aliphatic carbocycles. The Labute approximate surface area is 154 Å². The van der Waals surface area contributed by atoms with Crippen LogP contribution in [0.15, 0.2) is 18.2 Å². The minimum Gasteiger partial charge on any atom is -0.454 e. The number of hydrogen-bond acceptors (Lipinski definition) is 4. The molecule has 2 aromatic rings. The highest BCUT2D eigenvalue weighted by molar-refractivity contribution is 5.77. The molecule has 7 nitrogen and oxygen atoms in total. The number of ether oxygens (including phenoxy) is 2. The number of hydrogen-bond donors (Lipinski definition) is 1. The number of rotatable bonds is 6. The summed E-state index contributed by atoms with van der Waals surface area (Å²) >= 11 is 0. The molecule has 0 fully saturated rings. The van der Waals surface area contributed by atoms with Crippen molar-refractivity contribution in [2.75, 3.05) is 27.4 Å². The van der Waals surface area contributed by atoms with Crippen LogP contribution in [0.2, 0.25) is 0 Å². The molecule has 0 spiro atoms. The van der Waals surface area contributed by atoms with Gasteiger partial charge in [-0.05, 0) is 31.5 Å². The Bertz CT molecular complexity index is 813. The van der Waals surface area contributed by atoms with E-state index in [-0.39, 0.29) is 12.7 Å². The van der Waals surface area contributed by atoms with Crippen LogP contribution in [0, 0.1) is 13.8 Å². The first kappa shape index (κ1) is 18.3. The van der Waals surface area contributed by atoms with Gasteiger partial charge in [0.2, 0.25) is 6.79 Å². The molecular formula is C19H27N4O3+. The average Bonchev–Trinajstić information content (AvgIpc) is 3.12. The molecule has 0 bridgehead atoms. The Morgan fingerprint density at radius 3 is 2.62 bits per heavy atom. The zero-order chi connectivity index (χ0) is 18.8. The number of aromatic nitrogens is 2. The molecule has 26 heavy (non-hydrogen) atoms. The van der Waals surface area contributed by atoms with Crippen molar-refractivity contribution in [2.45, 2.75) is 26.9 Å². The summed E-state index contributed by atoms with van der Waals surface area (Å²) in [6, 6.07) is 5.84. The van der Waals surface area contributed by atoms with Crippen molar-refractivity contribution in [3.05, 3.63) is 40.7 Å². The van der Waals surface area contributed by atoms with Crippen molar-refractivity contribution >= 4 is 5.91 Å². The van der Waals surface area contributed by atoms with Crippen molar-refractivity contribution < 1.29 is 19.2 Å². The molecule has 3 rings (SSSR count). The number of amides is 1. The van der Waals surface area contributed by atoms with E-state index in [0.717, 1.165) is 38.9 Å². The van der Waals surface area contributed by atoms with Gasteiger partial charge in [0.1, 0.15) is 0 Å². The minimum atomic E-state index is 0.116. The van der Waals surface area contributed by atoms with Gasteiger partial charge in [0, 0.05) is 31.4 Å². The van der Waals surface area contributed by atoms with E-state index in [9.17, 15) is 4.79 Å². The second-order valence-corrected chi connectivity index (χ2v) is 7.09. The molecule has 1 aliphatic heterocycles. The molecule has 1 aromatic carbocycles. The summed E-state index contributed by atoms with van der Waals surface area (Å²) in [7, 11) is 5.90. The standard InChI is InChI=1S/C19H26N4O3/c1-13-16(14(2)22(5)20-13)10-23(19(24)11-21(3)4)9-15-6-7-17-18(8-15)26-12-25-17/h6-8H,9-12H2,1-5H3/p+1. The van der Waals surface area contributed by atoms with Gasteiger partial charge >= 0.3 is 0 Å². The molecule has 0 saturated carbocycles. The van der Waals surface area contributed by atoms with E-state index >= 15 is 0 Å². The maximum Gasteiger partial charge on any atom is 0.278 e. The molecular weight excluding hydrogens is 332 g/mol. The molecule has 0 saturated heterocycles. The van der Waals surface area contributed by atoms with Gasteiger partial charge in [0.25, 0.3) is 5.91 Å². The molecule has 1 aromatic heterocycles. The zero-order valence-electron chi connectivity index (χ0n) is 16.1. The topological polar surface area (TPSA) is 61.0 Å². The number of quaternary nitrogens is 1. The van der Waals surface area contributed by atoms with Crippen LogP contribution in [0.5, 0.6) is 11.5 Å². The van der Waals surface area contributed by atoms with Crippen LogP contribution in [-0.2, 0) is 24.9 Å². The van der Waals surface area contributed by atoms with Crippen LogP contribution >= 0.6 is 0 Å². The predicted octanol–water partition coefficient (Wildman–Crippen LogP) is 0.439. The second kappa shape index (κ2) is 7.37. The average molecular weight is 359 g/mol. The minimum absolute atomic E-state index is 0.116. The molecule has 0 atom stereocenters. The Kier molecular flexibility index (Phi) is 5.18. The number of nitrogens with zero attached hydrogens (tertiary/aromatic N) is 3. The van der Waals surface area contributed by atoms with E-state index in [1.807, 2.05) is 62.8 Å². The molecule has 140 valence electrons. The number of benzene rings is 1. The first-order valence-electron chi connectivity index (χ1n) is 8.79. The van der Waals surface area contributed by atoms with E-state index in [1.54, 1.807) is 0 Å². The van der Waals surface area contributed by atoms with Gasteiger partial charge in [-0.25, -0.2) is 0 Å². The molecule has 1 N–H and O–H groups in total. The SMILES string of the molecule is Cc1nn(C)c(C)c1CN(Cc1ccc2c(c1)OCO2)C(=O)C[NH+](C)C. The van der Waals surface area contributed by atoms with E-state index in [0.29, 0.717) is 19.6 Å². The quantitative estimate of drug-likeness (QED) is 0.813. The lowest BCUT2D eigenvalue weighted by atomic mass is 10.1. The van der Waals surface area contributed by atoms with Crippen LogP contribution in [0.1, 0.15) is 22.5 Å². The summed E-state index contributed by atoms with van der Waals surface area (Å²) in [6.07, 6.45) is 0. The maximum atomic E-state index is 12.8. The Balaban J connectivity index is 1.84. The van der Waals surface area contributed by atoms with E-state index in [4.69, 9.17) is 9.47 Å². The van der Waals surface area contributed by atoms with Crippen molar-refractivity contribution in [1.82, 2.24) is 14.7 Å². The van der Waals surface area contributed by atoms with Crippen molar-refractivity contribution in [3.8, 4) is 11.5 Å². The number of likely N-dealkylation sites (N-methyl/N-ethyl adjacent to an activating group) is 1. The van der Waals surface area contributed by atoms with Gasteiger partial charge in [0.15, 0.2) is 18.0 Å². The van der Waals surface area contributed by atoms with E-state index in [2.05, 4.69) is 5.10 Å². The maximum absolute atomic E-state index is 12.8. The number of carbonyl (C=O) groups is 1. The smallest absolute Gasteiger partial charge is 0.278 e. The molecule has 1 aliphatic rings. The fourth-order valence-corrected chi connectivity index (χ4v) is 3.14. The third-order valence-corrected chi connectivity index (χ3v) is 4.68. The Morgan fingerprint density at radius 1 is 1.23 bits per heavy atom. The summed E-state index contributed by atoms with van der Waals surface area (Å²) < 4.78 is 12.7. The largest absolute Gasteiger partial charge is 0.454 e. The predicted molar refractivity (Wildman–Crippen MR) is 97.2 cm³/mol. The van der Waals surface area contributed by atoms with Gasteiger partial charge in [-0.3, -0.25) is 9.48 Å². The highest BCUT2D eigenvalue weighted by Gasteiger charge is 2.22.